The molecule has 0 aromatic heterocycles. The van der Waals surface area contributed by atoms with Gasteiger partial charge in [0.25, 0.3) is 0 Å². The zero-order valence-electron chi connectivity index (χ0n) is 22.6. The highest BCUT2D eigenvalue weighted by Gasteiger charge is 2.47. The first-order valence-corrected chi connectivity index (χ1v) is 13.4. The topological polar surface area (TPSA) is 67.9 Å². The van der Waals surface area contributed by atoms with E-state index in [9.17, 15) is 9.59 Å². The molecule has 4 aromatic carbocycles. The summed E-state index contributed by atoms with van der Waals surface area (Å²) in [4.78, 5) is 28.1. The van der Waals surface area contributed by atoms with E-state index >= 15 is 0 Å². The standard InChI is InChI=1S/C33H30N2O4S/c1-32(2)22-33(3,35(31(40)34-32)25-17-11-6-12-18-25)27-20-19-26(38-29(36)23-13-7-4-8-14-23)21-28(27)39-30(37)24-15-9-5-10-16-24/h4-21H,22H2,1-3H3,(H,34,40)/t33-/m0/s1. The molecule has 0 aliphatic carbocycles. The molecule has 202 valence electrons. The van der Waals surface area contributed by atoms with Crippen LogP contribution in [0.2, 0.25) is 0 Å². The van der Waals surface area contributed by atoms with E-state index in [4.69, 9.17) is 21.7 Å². The van der Waals surface area contributed by atoms with Crippen LogP contribution in [0.3, 0.4) is 0 Å². The SMILES string of the molecule is CC1(C)C[C@@](C)(c2ccc(OC(=O)c3ccccc3)cc2OC(=O)c2ccccc2)N(c2ccccc2)C(=S)N1. The summed E-state index contributed by atoms with van der Waals surface area (Å²) in [6.45, 7) is 6.26. The number of benzene rings is 4. The first kappa shape index (κ1) is 27.1. The Hall–Kier alpha value is -4.49. The largest absolute Gasteiger partial charge is 0.423 e. The maximum atomic E-state index is 13.3. The number of para-hydroxylation sites is 1. The van der Waals surface area contributed by atoms with E-state index in [1.54, 1.807) is 60.7 Å². The van der Waals surface area contributed by atoms with E-state index in [1.807, 2.05) is 48.5 Å². The molecule has 7 heteroatoms. The number of esters is 2. The number of carbonyl (C=O) groups excluding carboxylic acids is 2. The summed E-state index contributed by atoms with van der Waals surface area (Å²) >= 11 is 5.89. The van der Waals surface area contributed by atoms with E-state index in [0.29, 0.717) is 22.7 Å². The Morgan fingerprint density at radius 3 is 1.85 bits per heavy atom. The molecule has 0 amide bonds. The summed E-state index contributed by atoms with van der Waals surface area (Å²) in [5.41, 5.74) is 1.39. The van der Waals surface area contributed by atoms with Gasteiger partial charge in [-0.2, -0.15) is 0 Å². The van der Waals surface area contributed by atoms with Crippen LogP contribution >= 0.6 is 12.2 Å². The van der Waals surface area contributed by atoms with Crippen molar-refractivity contribution < 1.29 is 19.1 Å². The lowest BCUT2D eigenvalue weighted by molar-refractivity contribution is 0.0729. The fraction of sp³-hybridized carbons (Fsp3) is 0.182. The molecule has 40 heavy (non-hydrogen) atoms. The number of carbonyl (C=O) groups is 2. The second kappa shape index (κ2) is 10.9. The minimum Gasteiger partial charge on any atom is -0.423 e. The zero-order chi connectivity index (χ0) is 28.3. The molecule has 0 saturated carbocycles. The van der Waals surface area contributed by atoms with Gasteiger partial charge in [-0.05, 0) is 87.9 Å². The maximum Gasteiger partial charge on any atom is 0.343 e. The van der Waals surface area contributed by atoms with Crippen molar-refractivity contribution in [3.05, 3.63) is 126 Å². The highest BCUT2D eigenvalue weighted by atomic mass is 32.1. The highest BCUT2D eigenvalue weighted by molar-refractivity contribution is 7.80. The molecule has 1 aliphatic rings. The van der Waals surface area contributed by atoms with Gasteiger partial charge in [0.05, 0.1) is 16.7 Å². The molecule has 1 saturated heterocycles. The van der Waals surface area contributed by atoms with Crippen molar-refractivity contribution in [3.8, 4) is 11.5 Å². The number of hydrogen-bond donors (Lipinski definition) is 1. The van der Waals surface area contributed by atoms with E-state index in [0.717, 1.165) is 11.3 Å². The number of rotatable bonds is 6. The fourth-order valence-corrected chi connectivity index (χ4v) is 5.90. The first-order chi connectivity index (χ1) is 19.2. The average molecular weight is 551 g/mol. The predicted octanol–water partition coefficient (Wildman–Crippen LogP) is 6.90. The summed E-state index contributed by atoms with van der Waals surface area (Å²) < 4.78 is 11.7. The summed E-state index contributed by atoms with van der Waals surface area (Å²) in [5, 5.41) is 4.01. The minimum absolute atomic E-state index is 0.263. The minimum atomic E-state index is -0.721. The van der Waals surface area contributed by atoms with Gasteiger partial charge in [0.15, 0.2) is 5.11 Å². The van der Waals surface area contributed by atoms with Crippen LogP contribution in [0, 0.1) is 0 Å². The molecule has 6 nitrogen and oxygen atoms in total. The molecule has 1 atom stereocenters. The van der Waals surface area contributed by atoms with Crippen molar-refractivity contribution in [2.24, 2.45) is 0 Å². The van der Waals surface area contributed by atoms with Gasteiger partial charge in [-0.1, -0.05) is 54.6 Å². The monoisotopic (exact) mass is 550 g/mol. The summed E-state index contributed by atoms with van der Waals surface area (Å²) in [5.74, 6) is -0.468. The molecule has 4 aromatic rings. The Kier molecular flexibility index (Phi) is 7.41. The zero-order valence-corrected chi connectivity index (χ0v) is 23.4. The van der Waals surface area contributed by atoms with Crippen molar-refractivity contribution in [2.75, 3.05) is 4.90 Å². The van der Waals surface area contributed by atoms with Gasteiger partial charge in [-0.3, -0.25) is 0 Å². The smallest absolute Gasteiger partial charge is 0.343 e. The van der Waals surface area contributed by atoms with E-state index in [1.165, 1.54) is 0 Å². The van der Waals surface area contributed by atoms with Crippen LogP contribution < -0.4 is 19.7 Å². The van der Waals surface area contributed by atoms with Gasteiger partial charge in [-0.15, -0.1) is 0 Å². The van der Waals surface area contributed by atoms with Gasteiger partial charge < -0.3 is 19.7 Å². The molecular weight excluding hydrogens is 520 g/mol. The summed E-state index contributed by atoms with van der Waals surface area (Å²) in [7, 11) is 0. The van der Waals surface area contributed by atoms with Crippen molar-refractivity contribution in [2.45, 2.75) is 38.3 Å². The average Bonchev–Trinajstić information content (AvgIpc) is 2.93. The van der Waals surface area contributed by atoms with Crippen LogP contribution in [0.25, 0.3) is 0 Å². The predicted molar refractivity (Wildman–Crippen MR) is 160 cm³/mol. The second-order valence-corrected chi connectivity index (χ2v) is 11.0. The van der Waals surface area contributed by atoms with Crippen LogP contribution in [-0.2, 0) is 5.54 Å². The number of ether oxygens (including phenoxy) is 2. The third-order valence-corrected chi connectivity index (χ3v) is 7.19. The van der Waals surface area contributed by atoms with Gasteiger partial charge in [0.1, 0.15) is 11.5 Å². The Morgan fingerprint density at radius 1 is 0.750 bits per heavy atom. The van der Waals surface area contributed by atoms with Crippen LogP contribution in [0.1, 0.15) is 53.5 Å². The number of nitrogens with zero attached hydrogens (tertiary/aromatic N) is 1. The summed E-state index contributed by atoms with van der Waals surface area (Å²) in [6, 6.07) is 32.6. The molecule has 5 rings (SSSR count). The summed E-state index contributed by atoms with van der Waals surface area (Å²) in [6.07, 6.45) is 0.633. The van der Waals surface area contributed by atoms with Crippen molar-refractivity contribution in [1.82, 2.24) is 5.32 Å². The molecule has 0 bridgehead atoms. The molecule has 1 N–H and O–H groups in total. The number of thiocarbonyl (C=S) groups is 1. The van der Waals surface area contributed by atoms with Crippen LogP contribution in [0.5, 0.6) is 11.5 Å². The Bertz CT molecular complexity index is 1540. The van der Waals surface area contributed by atoms with Gasteiger partial charge >= 0.3 is 11.9 Å². The quantitative estimate of drug-likeness (QED) is 0.159. The lowest BCUT2D eigenvalue weighted by Gasteiger charge is -2.53. The molecule has 0 spiro atoms. The molecule has 1 heterocycles. The number of anilines is 1. The number of nitrogens with one attached hydrogen (secondary N) is 1. The third kappa shape index (κ3) is 5.60. The van der Waals surface area contributed by atoms with Crippen molar-refractivity contribution in [3.63, 3.8) is 0 Å². The Balaban J connectivity index is 1.61. The Morgan fingerprint density at radius 2 is 1.27 bits per heavy atom. The normalized spacial score (nSPS) is 18.0. The third-order valence-electron chi connectivity index (χ3n) is 6.91. The first-order valence-electron chi connectivity index (χ1n) is 13.0. The van der Waals surface area contributed by atoms with E-state index in [2.05, 4.69) is 31.0 Å². The lowest BCUT2D eigenvalue weighted by Crippen LogP contribution is -2.65. The van der Waals surface area contributed by atoms with E-state index in [-0.39, 0.29) is 17.0 Å². The molecular formula is C33H30N2O4S. The lowest BCUT2D eigenvalue weighted by atomic mass is 9.76. The fourth-order valence-electron chi connectivity index (χ4n) is 5.32. The number of hydrogen-bond acceptors (Lipinski definition) is 5. The molecule has 1 aliphatic heterocycles. The second-order valence-electron chi connectivity index (χ2n) is 10.6. The Labute approximate surface area is 239 Å². The van der Waals surface area contributed by atoms with Crippen LogP contribution in [0.15, 0.2) is 109 Å². The van der Waals surface area contributed by atoms with Gasteiger partial charge in [-0.25, -0.2) is 9.59 Å². The van der Waals surface area contributed by atoms with E-state index < -0.39 is 17.5 Å². The van der Waals surface area contributed by atoms with Crippen LogP contribution in [0.4, 0.5) is 5.69 Å². The molecule has 0 unspecified atom stereocenters. The highest BCUT2D eigenvalue weighted by Crippen LogP contribution is 2.46. The van der Waals surface area contributed by atoms with Gasteiger partial charge in [0, 0.05) is 22.9 Å². The van der Waals surface area contributed by atoms with Crippen molar-refractivity contribution >= 4 is 35.0 Å². The molecule has 0 radical (unpaired) electrons. The van der Waals surface area contributed by atoms with Gasteiger partial charge in [0.2, 0.25) is 0 Å². The van der Waals surface area contributed by atoms with Crippen LogP contribution in [-0.4, -0.2) is 22.6 Å². The van der Waals surface area contributed by atoms with Crippen molar-refractivity contribution in [1.29, 1.82) is 0 Å². The maximum absolute atomic E-state index is 13.3. The molecule has 1 fully saturated rings.